The Hall–Kier alpha value is -0.930. The lowest BCUT2D eigenvalue weighted by atomic mass is 9.88. The van der Waals surface area contributed by atoms with Gasteiger partial charge in [-0.2, -0.15) is 0 Å². The molecule has 1 unspecified atom stereocenters. The molecule has 1 fully saturated rings. The van der Waals surface area contributed by atoms with E-state index in [1.165, 1.54) is 6.42 Å². The lowest BCUT2D eigenvalue weighted by molar-refractivity contribution is 0.0251. The van der Waals surface area contributed by atoms with Crippen LogP contribution in [-0.2, 0) is 16.8 Å². The van der Waals surface area contributed by atoms with Crippen LogP contribution in [0.1, 0.15) is 30.9 Å². The van der Waals surface area contributed by atoms with Crippen molar-refractivity contribution >= 4 is 0 Å². The Morgan fingerprint density at radius 1 is 1.47 bits per heavy atom. The summed E-state index contributed by atoms with van der Waals surface area (Å²) in [6.07, 6.45) is 2.27. The van der Waals surface area contributed by atoms with Crippen LogP contribution in [0.15, 0.2) is 18.2 Å². The molecule has 1 aromatic carbocycles. The fraction of sp³-hybridized carbons (Fsp3) is 0.571. The molecule has 0 bridgehead atoms. The lowest BCUT2D eigenvalue weighted by Gasteiger charge is -2.32. The van der Waals surface area contributed by atoms with Gasteiger partial charge in [-0.3, -0.25) is 4.90 Å². The van der Waals surface area contributed by atoms with E-state index in [0.717, 1.165) is 37.2 Å². The first-order valence-corrected chi connectivity index (χ1v) is 6.38. The van der Waals surface area contributed by atoms with Gasteiger partial charge in [-0.1, -0.05) is 12.1 Å². The van der Waals surface area contributed by atoms with Crippen LogP contribution in [0.25, 0.3) is 0 Å². The summed E-state index contributed by atoms with van der Waals surface area (Å²) >= 11 is 0. The predicted molar refractivity (Wildman–Crippen MR) is 64.2 cm³/mol. The third kappa shape index (κ3) is 1.53. The van der Waals surface area contributed by atoms with Gasteiger partial charge in [0.15, 0.2) is 0 Å². The highest BCUT2D eigenvalue weighted by Gasteiger charge is 2.48. The molecular formula is C14H18FNO. The van der Waals surface area contributed by atoms with Crippen LogP contribution in [-0.4, -0.2) is 24.7 Å². The Kier molecular flexibility index (Phi) is 2.68. The van der Waals surface area contributed by atoms with Crippen molar-refractivity contribution in [1.82, 2.24) is 4.90 Å². The van der Waals surface area contributed by atoms with E-state index < -0.39 is 0 Å². The molecule has 17 heavy (non-hydrogen) atoms. The first-order valence-electron chi connectivity index (χ1n) is 6.38. The molecule has 2 heterocycles. The zero-order valence-electron chi connectivity index (χ0n) is 10.2. The molecule has 0 amide bonds. The Labute approximate surface area is 101 Å². The molecule has 2 aliphatic heterocycles. The first-order chi connectivity index (χ1) is 8.28. The second-order valence-electron chi connectivity index (χ2n) is 4.96. The van der Waals surface area contributed by atoms with Crippen LogP contribution in [0.3, 0.4) is 0 Å². The summed E-state index contributed by atoms with van der Waals surface area (Å²) in [5, 5.41) is 0. The average Bonchev–Trinajstić information content (AvgIpc) is 2.84. The molecule has 3 heteroatoms. The molecule has 1 atom stereocenters. The van der Waals surface area contributed by atoms with Gasteiger partial charge in [0.2, 0.25) is 0 Å². The van der Waals surface area contributed by atoms with Crippen molar-refractivity contribution in [2.45, 2.75) is 31.8 Å². The number of fused-ring (bicyclic) bond motifs is 3. The van der Waals surface area contributed by atoms with Crippen LogP contribution in [0, 0.1) is 5.82 Å². The van der Waals surface area contributed by atoms with Gasteiger partial charge in [0, 0.05) is 18.7 Å². The second-order valence-corrected chi connectivity index (χ2v) is 4.96. The van der Waals surface area contributed by atoms with E-state index >= 15 is 0 Å². The van der Waals surface area contributed by atoms with Crippen LogP contribution in [0.2, 0.25) is 0 Å². The van der Waals surface area contributed by atoms with E-state index in [2.05, 4.69) is 11.0 Å². The van der Waals surface area contributed by atoms with Crippen LogP contribution in [0.5, 0.6) is 0 Å². The van der Waals surface area contributed by atoms with Crippen molar-refractivity contribution in [1.29, 1.82) is 0 Å². The maximum Gasteiger partial charge on any atom is 0.128 e. The Bertz CT molecular complexity index is 434. The molecule has 92 valence electrons. The van der Waals surface area contributed by atoms with Crippen molar-refractivity contribution in [3.05, 3.63) is 35.1 Å². The van der Waals surface area contributed by atoms with Gasteiger partial charge in [0.1, 0.15) is 5.82 Å². The molecule has 0 aromatic heterocycles. The van der Waals surface area contributed by atoms with Gasteiger partial charge in [0.25, 0.3) is 0 Å². The maximum atomic E-state index is 13.8. The minimum atomic E-state index is -0.0622. The molecule has 1 aromatic rings. The maximum absolute atomic E-state index is 13.8. The van der Waals surface area contributed by atoms with Crippen molar-refractivity contribution in [2.24, 2.45) is 0 Å². The summed E-state index contributed by atoms with van der Waals surface area (Å²) in [5.74, 6) is -0.0622. The number of benzene rings is 1. The summed E-state index contributed by atoms with van der Waals surface area (Å²) in [5.41, 5.74) is 1.99. The summed E-state index contributed by atoms with van der Waals surface area (Å²) in [6.45, 7) is 5.23. The topological polar surface area (TPSA) is 12.5 Å². The highest BCUT2D eigenvalue weighted by molar-refractivity contribution is 5.40. The third-order valence-electron chi connectivity index (χ3n) is 4.14. The number of hydrogen-bond acceptors (Lipinski definition) is 2. The molecule has 2 aliphatic rings. The van der Waals surface area contributed by atoms with Crippen molar-refractivity contribution in [2.75, 3.05) is 19.8 Å². The van der Waals surface area contributed by atoms with Gasteiger partial charge < -0.3 is 4.74 Å². The highest BCUT2D eigenvalue weighted by Crippen LogP contribution is 2.47. The summed E-state index contributed by atoms with van der Waals surface area (Å²) in [6, 6.07) is 5.46. The number of rotatable bonds is 3. The van der Waals surface area contributed by atoms with E-state index in [4.69, 9.17) is 4.74 Å². The third-order valence-corrected chi connectivity index (χ3v) is 4.14. The molecule has 0 aliphatic carbocycles. The molecule has 0 N–H and O–H groups in total. The average molecular weight is 235 g/mol. The fourth-order valence-corrected chi connectivity index (χ4v) is 3.33. The van der Waals surface area contributed by atoms with Crippen LogP contribution in [0.4, 0.5) is 4.39 Å². The van der Waals surface area contributed by atoms with Gasteiger partial charge >= 0.3 is 0 Å². The van der Waals surface area contributed by atoms with E-state index in [1.54, 1.807) is 6.07 Å². The Balaban J connectivity index is 2.03. The zero-order chi connectivity index (χ0) is 11.9. The molecule has 0 radical (unpaired) electrons. The molecule has 0 saturated carbocycles. The molecular weight excluding hydrogens is 217 g/mol. The van der Waals surface area contributed by atoms with E-state index in [0.29, 0.717) is 6.61 Å². The quantitative estimate of drug-likeness (QED) is 0.798. The normalized spacial score (nSPS) is 27.2. The highest BCUT2D eigenvalue weighted by atomic mass is 19.1. The minimum Gasteiger partial charge on any atom is -0.379 e. The Morgan fingerprint density at radius 2 is 2.35 bits per heavy atom. The van der Waals surface area contributed by atoms with Crippen LogP contribution >= 0.6 is 0 Å². The van der Waals surface area contributed by atoms with E-state index in [-0.39, 0.29) is 11.4 Å². The lowest BCUT2D eigenvalue weighted by Crippen LogP contribution is -2.39. The number of ether oxygens (including phenoxy) is 1. The summed E-state index contributed by atoms with van der Waals surface area (Å²) in [4.78, 5) is 2.39. The van der Waals surface area contributed by atoms with Gasteiger partial charge in [-0.15, -0.1) is 0 Å². The summed E-state index contributed by atoms with van der Waals surface area (Å²) in [7, 11) is 0. The van der Waals surface area contributed by atoms with Crippen molar-refractivity contribution < 1.29 is 9.13 Å². The van der Waals surface area contributed by atoms with Gasteiger partial charge in [0.05, 0.1) is 12.1 Å². The number of nitrogens with zero attached hydrogens (tertiary/aromatic N) is 1. The second kappa shape index (κ2) is 4.07. The fourth-order valence-electron chi connectivity index (χ4n) is 3.33. The van der Waals surface area contributed by atoms with Gasteiger partial charge in [-0.25, -0.2) is 4.39 Å². The Morgan fingerprint density at radius 3 is 3.18 bits per heavy atom. The monoisotopic (exact) mass is 235 g/mol. The number of halogens is 1. The van der Waals surface area contributed by atoms with E-state index in [1.807, 2.05) is 13.0 Å². The SMILES string of the molecule is CCOCC12CCCN1Cc1c(F)cccc12. The minimum absolute atomic E-state index is 0.0482. The van der Waals surface area contributed by atoms with Crippen molar-refractivity contribution in [3.8, 4) is 0 Å². The first kappa shape index (κ1) is 11.2. The molecule has 2 nitrogen and oxygen atoms in total. The van der Waals surface area contributed by atoms with Crippen molar-refractivity contribution in [3.63, 3.8) is 0 Å². The molecule has 0 spiro atoms. The largest absolute Gasteiger partial charge is 0.379 e. The van der Waals surface area contributed by atoms with Gasteiger partial charge in [-0.05, 0) is 37.9 Å². The summed E-state index contributed by atoms with van der Waals surface area (Å²) < 4.78 is 19.5. The standard InChI is InChI=1S/C14H18FNO/c1-2-17-10-14-7-4-8-16(14)9-11-12(14)5-3-6-13(11)15/h3,5-6H,2,4,7-10H2,1H3. The number of hydrogen-bond donors (Lipinski definition) is 0. The smallest absolute Gasteiger partial charge is 0.128 e. The van der Waals surface area contributed by atoms with E-state index in [9.17, 15) is 4.39 Å². The molecule has 3 rings (SSSR count). The molecule has 1 saturated heterocycles. The predicted octanol–water partition coefficient (Wildman–Crippen LogP) is 2.67. The van der Waals surface area contributed by atoms with Crippen LogP contribution < -0.4 is 0 Å². The zero-order valence-corrected chi connectivity index (χ0v) is 10.2.